The minimum absolute atomic E-state index is 0.0849. The van der Waals surface area contributed by atoms with E-state index >= 15 is 0 Å². The second-order valence-corrected chi connectivity index (χ2v) is 3.63. The molecule has 0 spiro atoms. The van der Waals surface area contributed by atoms with Gasteiger partial charge in [-0.15, -0.1) is 0 Å². The zero-order valence-corrected chi connectivity index (χ0v) is 9.11. The van der Waals surface area contributed by atoms with E-state index in [1.807, 2.05) is 6.07 Å². The first-order chi connectivity index (χ1) is 6.07. The highest BCUT2D eigenvalue weighted by Crippen LogP contribution is 2.29. The number of benzene rings is 1. The SMILES string of the molecule is CC(=O)c1ccc(C#N)c(Cl)c1Br. The quantitative estimate of drug-likeness (QED) is 0.726. The third-order valence-corrected chi connectivity index (χ3v) is 3.03. The molecule has 0 aliphatic heterocycles. The van der Waals surface area contributed by atoms with E-state index in [2.05, 4.69) is 15.9 Å². The highest BCUT2D eigenvalue weighted by Gasteiger charge is 2.11. The summed E-state index contributed by atoms with van der Waals surface area (Å²) in [6, 6.07) is 5.04. The molecular formula is C9H5BrClNO. The van der Waals surface area contributed by atoms with Crippen LogP contribution >= 0.6 is 27.5 Å². The van der Waals surface area contributed by atoms with Gasteiger partial charge in [-0.1, -0.05) is 11.6 Å². The van der Waals surface area contributed by atoms with Crippen molar-refractivity contribution in [1.82, 2.24) is 0 Å². The molecule has 13 heavy (non-hydrogen) atoms. The van der Waals surface area contributed by atoms with Gasteiger partial charge in [-0.05, 0) is 35.0 Å². The Bertz CT molecular complexity index is 409. The average molecular weight is 259 g/mol. The minimum atomic E-state index is -0.0849. The monoisotopic (exact) mass is 257 g/mol. The fraction of sp³-hybridized carbons (Fsp3) is 0.111. The third-order valence-electron chi connectivity index (χ3n) is 1.58. The van der Waals surface area contributed by atoms with E-state index in [9.17, 15) is 4.79 Å². The fourth-order valence-corrected chi connectivity index (χ4v) is 1.74. The van der Waals surface area contributed by atoms with Crippen molar-refractivity contribution in [2.45, 2.75) is 6.92 Å². The highest BCUT2D eigenvalue weighted by molar-refractivity contribution is 9.10. The van der Waals surface area contributed by atoms with Gasteiger partial charge >= 0.3 is 0 Å². The lowest BCUT2D eigenvalue weighted by Gasteiger charge is -2.02. The minimum Gasteiger partial charge on any atom is -0.294 e. The van der Waals surface area contributed by atoms with Gasteiger partial charge < -0.3 is 0 Å². The van der Waals surface area contributed by atoms with E-state index in [0.29, 0.717) is 15.6 Å². The van der Waals surface area contributed by atoms with Crippen LogP contribution in [-0.4, -0.2) is 5.78 Å². The zero-order chi connectivity index (χ0) is 10.0. The second-order valence-electron chi connectivity index (χ2n) is 2.46. The molecule has 0 saturated heterocycles. The van der Waals surface area contributed by atoms with Crippen molar-refractivity contribution in [2.24, 2.45) is 0 Å². The molecule has 0 radical (unpaired) electrons. The van der Waals surface area contributed by atoms with Crippen molar-refractivity contribution in [3.05, 3.63) is 32.8 Å². The van der Waals surface area contributed by atoms with Crippen molar-refractivity contribution < 1.29 is 4.79 Å². The average Bonchev–Trinajstić information content (AvgIpc) is 2.09. The molecule has 1 aromatic carbocycles. The molecule has 0 N–H and O–H groups in total. The topological polar surface area (TPSA) is 40.9 Å². The Hall–Kier alpha value is -0.850. The lowest BCUT2D eigenvalue weighted by atomic mass is 10.1. The molecule has 0 bridgehead atoms. The van der Waals surface area contributed by atoms with E-state index in [4.69, 9.17) is 16.9 Å². The van der Waals surface area contributed by atoms with Crippen LogP contribution in [0.2, 0.25) is 5.02 Å². The summed E-state index contributed by atoms with van der Waals surface area (Å²) in [4.78, 5) is 11.0. The number of Topliss-reactive ketones (excluding diaryl/α,β-unsaturated/α-hetero) is 1. The molecule has 0 aliphatic rings. The largest absolute Gasteiger partial charge is 0.294 e. The molecule has 1 rings (SSSR count). The Kier molecular flexibility index (Phi) is 3.07. The summed E-state index contributed by atoms with van der Waals surface area (Å²) >= 11 is 8.99. The van der Waals surface area contributed by atoms with Crippen LogP contribution in [0.5, 0.6) is 0 Å². The molecule has 0 heterocycles. The van der Waals surface area contributed by atoms with Crippen molar-refractivity contribution in [1.29, 1.82) is 5.26 Å². The number of carbonyl (C=O) groups is 1. The molecule has 0 amide bonds. The summed E-state index contributed by atoms with van der Waals surface area (Å²) in [5.74, 6) is -0.0849. The molecule has 1 aromatic rings. The van der Waals surface area contributed by atoms with Crippen molar-refractivity contribution in [3.63, 3.8) is 0 Å². The highest BCUT2D eigenvalue weighted by atomic mass is 79.9. The lowest BCUT2D eigenvalue weighted by molar-refractivity contribution is 0.101. The maximum absolute atomic E-state index is 11.0. The van der Waals surface area contributed by atoms with E-state index in [1.54, 1.807) is 6.07 Å². The number of halogens is 2. The van der Waals surface area contributed by atoms with Crippen molar-refractivity contribution in [3.8, 4) is 6.07 Å². The third kappa shape index (κ3) is 1.90. The van der Waals surface area contributed by atoms with Crippen molar-refractivity contribution >= 4 is 33.3 Å². The predicted octanol–water partition coefficient (Wildman–Crippen LogP) is 3.18. The van der Waals surface area contributed by atoms with Crippen LogP contribution in [0.3, 0.4) is 0 Å². The Labute approximate surface area is 89.3 Å². The van der Waals surface area contributed by atoms with Crippen LogP contribution in [0, 0.1) is 11.3 Å². The normalized spacial score (nSPS) is 9.38. The smallest absolute Gasteiger partial charge is 0.160 e. The Morgan fingerprint density at radius 2 is 2.23 bits per heavy atom. The van der Waals surface area contributed by atoms with Gasteiger partial charge in [-0.2, -0.15) is 5.26 Å². The molecule has 0 unspecified atom stereocenters. The second kappa shape index (κ2) is 3.91. The van der Waals surface area contributed by atoms with Crippen LogP contribution in [0.1, 0.15) is 22.8 Å². The number of ketones is 1. The van der Waals surface area contributed by atoms with Crippen LogP contribution in [-0.2, 0) is 0 Å². The van der Waals surface area contributed by atoms with E-state index in [0.717, 1.165) is 0 Å². The van der Waals surface area contributed by atoms with E-state index in [1.165, 1.54) is 13.0 Å². The van der Waals surface area contributed by atoms with Crippen LogP contribution < -0.4 is 0 Å². The molecule has 0 aromatic heterocycles. The molecule has 2 nitrogen and oxygen atoms in total. The zero-order valence-electron chi connectivity index (χ0n) is 6.77. The number of hydrogen-bond donors (Lipinski definition) is 0. The first kappa shape index (κ1) is 10.2. The molecule has 0 fully saturated rings. The van der Waals surface area contributed by atoms with Gasteiger partial charge in [0, 0.05) is 10.0 Å². The first-order valence-electron chi connectivity index (χ1n) is 3.47. The summed E-state index contributed by atoms with van der Waals surface area (Å²) in [5.41, 5.74) is 0.850. The summed E-state index contributed by atoms with van der Waals surface area (Å²) in [6.45, 7) is 1.45. The maximum atomic E-state index is 11.0. The number of rotatable bonds is 1. The summed E-state index contributed by atoms with van der Waals surface area (Å²) in [7, 11) is 0. The molecule has 0 saturated carbocycles. The maximum Gasteiger partial charge on any atom is 0.160 e. The van der Waals surface area contributed by atoms with Gasteiger partial charge in [-0.25, -0.2) is 0 Å². The van der Waals surface area contributed by atoms with Gasteiger partial charge in [0.2, 0.25) is 0 Å². The molecule has 0 atom stereocenters. The van der Waals surface area contributed by atoms with Crippen LogP contribution in [0.15, 0.2) is 16.6 Å². The number of carbonyl (C=O) groups excluding carboxylic acids is 1. The fourth-order valence-electron chi connectivity index (χ4n) is 0.908. The number of hydrogen-bond acceptors (Lipinski definition) is 2. The molecule has 0 aliphatic carbocycles. The number of nitrogens with zero attached hydrogens (tertiary/aromatic N) is 1. The number of nitriles is 1. The van der Waals surface area contributed by atoms with Gasteiger partial charge in [0.05, 0.1) is 10.6 Å². The summed E-state index contributed by atoms with van der Waals surface area (Å²) in [5, 5.41) is 8.92. The molecular weight excluding hydrogens is 253 g/mol. The van der Waals surface area contributed by atoms with Crippen LogP contribution in [0.4, 0.5) is 0 Å². The van der Waals surface area contributed by atoms with E-state index in [-0.39, 0.29) is 10.8 Å². The van der Waals surface area contributed by atoms with Gasteiger partial charge in [0.25, 0.3) is 0 Å². The lowest BCUT2D eigenvalue weighted by Crippen LogP contribution is -1.95. The molecule has 4 heteroatoms. The van der Waals surface area contributed by atoms with E-state index < -0.39 is 0 Å². The van der Waals surface area contributed by atoms with Crippen molar-refractivity contribution in [2.75, 3.05) is 0 Å². The Morgan fingerprint density at radius 3 is 2.69 bits per heavy atom. The summed E-state index contributed by atoms with van der Waals surface area (Å²) < 4.78 is 0.487. The summed E-state index contributed by atoms with van der Waals surface area (Å²) in [6.07, 6.45) is 0. The van der Waals surface area contributed by atoms with Gasteiger partial charge in [0.1, 0.15) is 6.07 Å². The standard InChI is InChI=1S/C9H5BrClNO/c1-5(13)7-3-2-6(4-12)9(11)8(7)10/h2-3H,1H3. The Morgan fingerprint density at radius 1 is 1.62 bits per heavy atom. The predicted molar refractivity (Wildman–Crippen MR) is 53.9 cm³/mol. The Balaban J connectivity index is 3.42. The van der Waals surface area contributed by atoms with Crippen LogP contribution in [0.25, 0.3) is 0 Å². The van der Waals surface area contributed by atoms with Gasteiger partial charge in [0.15, 0.2) is 5.78 Å². The molecule has 66 valence electrons. The van der Waals surface area contributed by atoms with Gasteiger partial charge in [-0.3, -0.25) is 4.79 Å². The first-order valence-corrected chi connectivity index (χ1v) is 4.64.